The standard InChI is InChI=1S/C19H17N3O5S/c1-10(23)7-17-20-19(28-22-17)21-18(25)15-9-16(26-11(15)2)13-5-4-6-14(8-13)27-12(3)24/h4-6,8-9H,7H2,1-3H3,(H,20,21,22,25). The van der Waals surface area contributed by atoms with Gasteiger partial charge >= 0.3 is 5.97 Å². The highest BCUT2D eigenvalue weighted by molar-refractivity contribution is 7.09. The van der Waals surface area contributed by atoms with E-state index in [0.29, 0.717) is 39.4 Å². The van der Waals surface area contributed by atoms with Crippen molar-refractivity contribution in [2.45, 2.75) is 27.2 Å². The zero-order chi connectivity index (χ0) is 20.3. The molecule has 3 aromatic rings. The summed E-state index contributed by atoms with van der Waals surface area (Å²) in [7, 11) is 0. The number of nitrogens with zero attached hydrogens (tertiary/aromatic N) is 2. The SMILES string of the molecule is CC(=O)Cc1nsc(NC(=O)c2cc(-c3cccc(OC(C)=O)c3)oc2C)n1. The fourth-order valence-corrected chi connectivity index (χ4v) is 3.07. The van der Waals surface area contributed by atoms with Crippen molar-refractivity contribution in [3.05, 3.63) is 47.5 Å². The Bertz CT molecular complexity index is 1050. The molecule has 9 heteroatoms. The minimum absolute atomic E-state index is 0.0537. The molecular weight excluding hydrogens is 382 g/mol. The third-order valence-electron chi connectivity index (χ3n) is 3.64. The van der Waals surface area contributed by atoms with Crippen molar-refractivity contribution in [3.8, 4) is 17.1 Å². The van der Waals surface area contributed by atoms with E-state index in [1.807, 2.05) is 0 Å². The lowest BCUT2D eigenvalue weighted by Crippen LogP contribution is -2.12. The minimum atomic E-state index is -0.422. The predicted molar refractivity (Wildman–Crippen MR) is 102 cm³/mol. The first-order valence-corrected chi connectivity index (χ1v) is 9.12. The number of hydrogen-bond donors (Lipinski definition) is 1. The van der Waals surface area contributed by atoms with Gasteiger partial charge in [-0.15, -0.1) is 0 Å². The number of hydrogen-bond acceptors (Lipinski definition) is 8. The Kier molecular flexibility index (Phi) is 5.65. The number of ether oxygens (including phenoxy) is 1. The molecule has 0 fully saturated rings. The number of Topliss-reactive ketones (excluding diaryl/α,β-unsaturated/α-hetero) is 1. The average molecular weight is 399 g/mol. The van der Waals surface area contributed by atoms with Crippen LogP contribution in [0.4, 0.5) is 5.13 Å². The number of rotatable bonds is 6. The lowest BCUT2D eigenvalue weighted by atomic mass is 10.1. The fourth-order valence-electron chi connectivity index (χ4n) is 2.49. The number of nitrogens with one attached hydrogen (secondary N) is 1. The number of aromatic nitrogens is 2. The van der Waals surface area contributed by atoms with Gasteiger partial charge in [0, 0.05) is 24.0 Å². The third-order valence-corrected chi connectivity index (χ3v) is 4.31. The summed E-state index contributed by atoms with van der Waals surface area (Å²) >= 11 is 1.01. The highest BCUT2D eigenvalue weighted by Crippen LogP contribution is 2.28. The van der Waals surface area contributed by atoms with Crippen LogP contribution in [0.15, 0.2) is 34.7 Å². The highest BCUT2D eigenvalue weighted by atomic mass is 32.1. The molecule has 0 aliphatic carbocycles. The summed E-state index contributed by atoms with van der Waals surface area (Å²) in [5, 5.41) is 2.97. The van der Waals surface area contributed by atoms with Crippen molar-refractivity contribution >= 4 is 34.3 Å². The predicted octanol–water partition coefficient (Wildman–Crippen LogP) is 3.42. The molecule has 0 aliphatic heterocycles. The Hall–Kier alpha value is -3.33. The number of aryl methyl sites for hydroxylation is 1. The van der Waals surface area contributed by atoms with E-state index in [1.165, 1.54) is 13.8 Å². The summed E-state index contributed by atoms with van der Waals surface area (Å²) in [5.74, 6) is 0.784. The van der Waals surface area contributed by atoms with E-state index < -0.39 is 11.9 Å². The molecule has 1 aromatic carbocycles. The van der Waals surface area contributed by atoms with Crippen LogP contribution >= 0.6 is 11.5 Å². The van der Waals surface area contributed by atoms with Crippen LogP contribution < -0.4 is 10.1 Å². The van der Waals surface area contributed by atoms with E-state index in [4.69, 9.17) is 9.15 Å². The smallest absolute Gasteiger partial charge is 0.308 e. The maximum absolute atomic E-state index is 12.6. The second kappa shape index (κ2) is 8.13. The number of ketones is 1. The van der Waals surface area contributed by atoms with Crippen LogP contribution in [0.25, 0.3) is 11.3 Å². The number of furan rings is 1. The topological polar surface area (TPSA) is 111 Å². The first-order chi connectivity index (χ1) is 13.3. The minimum Gasteiger partial charge on any atom is -0.461 e. The molecule has 0 bridgehead atoms. The zero-order valence-corrected chi connectivity index (χ0v) is 16.3. The molecule has 0 aliphatic rings. The van der Waals surface area contributed by atoms with Gasteiger partial charge in [0.1, 0.15) is 23.1 Å². The quantitative estimate of drug-likeness (QED) is 0.499. The molecule has 0 saturated carbocycles. The Morgan fingerprint density at radius 2 is 2.00 bits per heavy atom. The van der Waals surface area contributed by atoms with Gasteiger partial charge in [-0.25, -0.2) is 4.98 Å². The van der Waals surface area contributed by atoms with Crippen molar-refractivity contribution < 1.29 is 23.5 Å². The van der Waals surface area contributed by atoms with Gasteiger partial charge in [-0.05, 0) is 32.0 Å². The van der Waals surface area contributed by atoms with Gasteiger partial charge in [-0.1, -0.05) is 12.1 Å². The van der Waals surface area contributed by atoms with Crippen molar-refractivity contribution in [1.29, 1.82) is 0 Å². The molecule has 0 spiro atoms. The number of amides is 1. The van der Waals surface area contributed by atoms with Gasteiger partial charge in [0.2, 0.25) is 5.13 Å². The molecule has 0 atom stereocenters. The summed E-state index contributed by atoms with van der Waals surface area (Å²) in [6.45, 7) is 4.45. The lowest BCUT2D eigenvalue weighted by Gasteiger charge is -2.02. The molecule has 2 heterocycles. The van der Waals surface area contributed by atoms with E-state index in [9.17, 15) is 14.4 Å². The Morgan fingerprint density at radius 1 is 1.21 bits per heavy atom. The van der Waals surface area contributed by atoms with E-state index in [-0.39, 0.29) is 12.2 Å². The van der Waals surface area contributed by atoms with Gasteiger partial charge in [-0.3, -0.25) is 19.7 Å². The zero-order valence-electron chi connectivity index (χ0n) is 15.4. The molecule has 3 rings (SSSR count). The summed E-state index contributed by atoms with van der Waals surface area (Å²) in [6, 6.07) is 8.42. The molecule has 144 valence electrons. The van der Waals surface area contributed by atoms with Crippen molar-refractivity contribution in [2.24, 2.45) is 0 Å². The van der Waals surface area contributed by atoms with Gasteiger partial charge in [0.15, 0.2) is 5.82 Å². The number of benzene rings is 1. The van der Waals surface area contributed by atoms with Crippen LogP contribution in [-0.4, -0.2) is 27.0 Å². The normalized spacial score (nSPS) is 10.5. The molecule has 28 heavy (non-hydrogen) atoms. The number of carbonyl (C=O) groups is 3. The van der Waals surface area contributed by atoms with Crippen LogP contribution in [0.1, 0.15) is 35.8 Å². The molecule has 0 saturated heterocycles. The fraction of sp³-hybridized carbons (Fsp3) is 0.211. The van der Waals surface area contributed by atoms with E-state index >= 15 is 0 Å². The Morgan fingerprint density at radius 3 is 2.71 bits per heavy atom. The summed E-state index contributed by atoms with van der Waals surface area (Å²) < 4.78 is 14.8. The number of esters is 1. The van der Waals surface area contributed by atoms with Crippen molar-refractivity contribution in [1.82, 2.24) is 9.36 Å². The van der Waals surface area contributed by atoms with E-state index in [1.54, 1.807) is 37.3 Å². The largest absolute Gasteiger partial charge is 0.461 e. The second-order valence-electron chi connectivity index (χ2n) is 6.05. The summed E-state index contributed by atoms with van der Waals surface area (Å²) in [5.41, 5.74) is 1.01. The van der Waals surface area contributed by atoms with Crippen LogP contribution in [-0.2, 0) is 16.0 Å². The van der Waals surface area contributed by atoms with Gasteiger partial charge in [-0.2, -0.15) is 4.37 Å². The van der Waals surface area contributed by atoms with Gasteiger partial charge < -0.3 is 9.15 Å². The second-order valence-corrected chi connectivity index (χ2v) is 6.80. The van der Waals surface area contributed by atoms with Crippen LogP contribution in [0.2, 0.25) is 0 Å². The van der Waals surface area contributed by atoms with E-state index in [2.05, 4.69) is 14.7 Å². The maximum atomic E-state index is 12.6. The molecule has 2 aromatic heterocycles. The molecule has 8 nitrogen and oxygen atoms in total. The first-order valence-electron chi connectivity index (χ1n) is 8.34. The molecule has 0 unspecified atom stereocenters. The van der Waals surface area contributed by atoms with Crippen LogP contribution in [0.5, 0.6) is 5.75 Å². The van der Waals surface area contributed by atoms with Crippen molar-refractivity contribution in [3.63, 3.8) is 0 Å². The van der Waals surface area contributed by atoms with E-state index in [0.717, 1.165) is 11.5 Å². The van der Waals surface area contributed by atoms with Gasteiger partial charge in [0.25, 0.3) is 5.91 Å². The average Bonchev–Trinajstić information content (AvgIpc) is 3.20. The van der Waals surface area contributed by atoms with Crippen LogP contribution in [0, 0.1) is 6.92 Å². The molecule has 1 amide bonds. The monoisotopic (exact) mass is 399 g/mol. The Labute approximate surface area is 164 Å². The first kappa shape index (κ1) is 19.4. The summed E-state index contributed by atoms with van der Waals surface area (Å²) in [6.07, 6.45) is 0.125. The maximum Gasteiger partial charge on any atom is 0.308 e. The number of anilines is 1. The number of carbonyl (C=O) groups excluding carboxylic acids is 3. The van der Waals surface area contributed by atoms with Crippen molar-refractivity contribution in [2.75, 3.05) is 5.32 Å². The molecular formula is C19H17N3O5S. The molecule has 0 radical (unpaired) electrons. The Balaban J connectivity index is 1.78. The van der Waals surface area contributed by atoms with Gasteiger partial charge in [0.05, 0.1) is 12.0 Å². The lowest BCUT2D eigenvalue weighted by molar-refractivity contribution is -0.131. The molecule has 1 N–H and O–H groups in total. The highest BCUT2D eigenvalue weighted by Gasteiger charge is 2.18. The third kappa shape index (κ3) is 4.68. The van der Waals surface area contributed by atoms with Crippen LogP contribution in [0.3, 0.4) is 0 Å². The summed E-state index contributed by atoms with van der Waals surface area (Å²) in [4.78, 5) is 38.9.